The summed E-state index contributed by atoms with van der Waals surface area (Å²) < 4.78 is 0. The SMILES string of the molecule is Cc1ccccc1[C@@H]1C[C@H]1Nc1nc2nccnc2s1. The molecule has 3 aromatic rings. The highest BCUT2D eigenvalue weighted by atomic mass is 32.1. The van der Waals surface area contributed by atoms with Crippen LogP contribution in [0.15, 0.2) is 36.7 Å². The number of hydrogen-bond acceptors (Lipinski definition) is 5. The van der Waals surface area contributed by atoms with Crippen molar-refractivity contribution in [1.82, 2.24) is 15.0 Å². The average Bonchev–Trinajstić information content (AvgIpc) is 3.08. The third-order valence-electron chi connectivity index (χ3n) is 3.73. The summed E-state index contributed by atoms with van der Waals surface area (Å²) in [4.78, 5) is 13.9. The topological polar surface area (TPSA) is 50.7 Å². The first kappa shape index (κ1) is 11.8. The number of nitrogens with one attached hydrogen (secondary N) is 1. The van der Waals surface area contributed by atoms with Crippen LogP contribution in [0.5, 0.6) is 0 Å². The van der Waals surface area contributed by atoms with Gasteiger partial charge in [0.1, 0.15) is 0 Å². The summed E-state index contributed by atoms with van der Waals surface area (Å²) in [5, 5.41) is 4.43. The summed E-state index contributed by atoms with van der Waals surface area (Å²) >= 11 is 1.57. The van der Waals surface area contributed by atoms with E-state index in [9.17, 15) is 0 Å². The Hall–Kier alpha value is -2.01. The molecule has 0 bridgehead atoms. The largest absolute Gasteiger partial charge is 0.358 e. The zero-order valence-electron chi connectivity index (χ0n) is 11.1. The van der Waals surface area contributed by atoms with E-state index < -0.39 is 0 Å². The van der Waals surface area contributed by atoms with Crippen LogP contribution in [0.25, 0.3) is 10.5 Å². The fraction of sp³-hybridized carbons (Fsp3) is 0.267. The standard InChI is InChI=1S/C15H14N4S/c1-9-4-2-3-5-10(9)11-8-12(11)18-15-19-13-14(20-15)17-7-6-16-13/h2-7,11-12H,8H2,1H3,(H,16,18,19)/t11-,12+/m0/s1. The van der Waals surface area contributed by atoms with Crippen LogP contribution < -0.4 is 5.32 Å². The molecule has 0 spiro atoms. The molecule has 1 aliphatic rings. The molecule has 4 nitrogen and oxygen atoms in total. The molecule has 0 amide bonds. The minimum absolute atomic E-state index is 0.483. The van der Waals surface area contributed by atoms with Gasteiger partial charge in [0.25, 0.3) is 0 Å². The molecule has 2 heterocycles. The third-order valence-corrected chi connectivity index (χ3v) is 4.62. The molecule has 4 rings (SSSR count). The van der Waals surface area contributed by atoms with Crippen molar-refractivity contribution in [2.45, 2.75) is 25.3 Å². The molecule has 1 aromatic carbocycles. The minimum Gasteiger partial charge on any atom is -0.358 e. The number of thiazole rings is 1. The lowest BCUT2D eigenvalue weighted by molar-refractivity contribution is 1.03. The number of hydrogen-bond donors (Lipinski definition) is 1. The van der Waals surface area contributed by atoms with Crippen molar-refractivity contribution in [3.8, 4) is 0 Å². The molecule has 1 N–H and O–H groups in total. The van der Waals surface area contributed by atoms with Crippen LogP contribution in [0.1, 0.15) is 23.5 Å². The van der Waals surface area contributed by atoms with Crippen LogP contribution in [-0.2, 0) is 0 Å². The maximum absolute atomic E-state index is 4.48. The highest BCUT2D eigenvalue weighted by Crippen LogP contribution is 2.44. The second kappa shape index (κ2) is 4.52. The predicted octanol–water partition coefficient (Wildman–Crippen LogP) is 3.36. The van der Waals surface area contributed by atoms with Crippen molar-refractivity contribution in [2.75, 3.05) is 5.32 Å². The molecule has 0 unspecified atom stereocenters. The second-order valence-electron chi connectivity index (χ2n) is 5.15. The smallest absolute Gasteiger partial charge is 0.191 e. The summed E-state index contributed by atoms with van der Waals surface area (Å²) in [6.07, 6.45) is 4.55. The summed E-state index contributed by atoms with van der Waals surface area (Å²) in [7, 11) is 0. The Balaban J connectivity index is 1.53. The summed E-state index contributed by atoms with van der Waals surface area (Å²) in [5.41, 5.74) is 3.55. The van der Waals surface area contributed by atoms with Gasteiger partial charge in [-0.15, -0.1) is 0 Å². The second-order valence-corrected chi connectivity index (χ2v) is 6.13. The molecular weight excluding hydrogens is 268 g/mol. The van der Waals surface area contributed by atoms with E-state index in [4.69, 9.17) is 0 Å². The molecule has 0 radical (unpaired) electrons. The summed E-state index contributed by atoms with van der Waals surface area (Å²) in [6.45, 7) is 2.18. The molecule has 0 saturated heterocycles. The van der Waals surface area contributed by atoms with Crippen molar-refractivity contribution in [1.29, 1.82) is 0 Å². The molecule has 20 heavy (non-hydrogen) atoms. The molecule has 2 aromatic heterocycles. The maximum atomic E-state index is 4.48. The molecule has 100 valence electrons. The van der Waals surface area contributed by atoms with Crippen LogP contribution in [0.3, 0.4) is 0 Å². The normalized spacial score (nSPS) is 21.1. The Labute approximate surface area is 120 Å². The van der Waals surface area contributed by atoms with Gasteiger partial charge in [-0.3, -0.25) is 0 Å². The fourth-order valence-electron chi connectivity index (χ4n) is 2.60. The molecule has 1 fully saturated rings. The molecule has 2 atom stereocenters. The first-order valence-corrected chi connectivity index (χ1v) is 7.52. The van der Waals surface area contributed by atoms with Crippen molar-refractivity contribution in [3.63, 3.8) is 0 Å². The first-order chi connectivity index (χ1) is 9.81. The monoisotopic (exact) mass is 282 g/mol. The van der Waals surface area contributed by atoms with Gasteiger partial charge in [0, 0.05) is 24.4 Å². The zero-order valence-corrected chi connectivity index (χ0v) is 11.9. The van der Waals surface area contributed by atoms with Crippen molar-refractivity contribution >= 4 is 26.9 Å². The van der Waals surface area contributed by atoms with Crippen LogP contribution in [-0.4, -0.2) is 21.0 Å². The van der Waals surface area contributed by atoms with Gasteiger partial charge in [-0.2, -0.15) is 4.98 Å². The highest BCUT2D eigenvalue weighted by Gasteiger charge is 2.39. The number of rotatable bonds is 3. The molecule has 1 aliphatic carbocycles. The van der Waals surface area contributed by atoms with E-state index in [-0.39, 0.29) is 0 Å². The van der Waals surface area contributed by atoms with Gasteiger partial charge in [-0.05, 0) is 24.5 Å². The molecule has 0 aliphatic heterocycles. The van der Waals surface area contributed by atoms with Crippen molar-refractivity contribution < 1.29 is 0 Å². The average molecular weight is 282 g/mol. The van der Waals surface area contributed by atoms with Crippen molar-refractivity contribution in [2.24, 2.45) is 0 Å². The van der Waals surface area contributed by atoms with Gasteiger partial charge in [0.15, 0.2) is 15.6 Å². The molecule has 1 saturated carbocycles. The lowest BCUT2D eigenvalue weighted by Gasteiger charge is -2.05. The van der Waals surface area contributed by atoms with E-state index in [1.165, 1.54) is 17.5 Å². The van der Waals surface area contributed by atoms with E-state index in [1.807, 2.05) is 0 Å². The van der Waals surface area contributed by atoms with Gasteiger partial charge in [-0.1, -0.05) is 35.6 Å². The van der Waals surface area contributed by atoms with Gasteiger partial charge in [0.2, 0.25) is 0 Å². The number of benzene rings is 1. The van der Waals surface area contributed by atoms with Crippen LogP contribution >= 0.6 is 11.3 Å². The maximum Gasteiger partial charge on any atom is 0.191 e. The number of aromatic nitrogens is 3. The lowest BCUT2D eigenvalue weighted by atomic mass is 10.0. The van der Waals surface area contributed by atoms with Gasteiger partial charge in [0.05, 0.1) is 0 Å². The van der Waals surface area contributed by atoms with E-state index in [2.05, 4.69) is 51.5 Å². The highest BCUT2D eigenvalue weighted by molar-refractivity contribution is 7.21. The number of aryl methyl sites for hydroxylation is 1. The van der Waals surface area contributed by atoms with E-state index in [1.54, 1.807) is 23.7 Å². The van der Waals surface area contributed by atoms with E-state index in [0.29, 0.717) is 12.0 Å². The zero-order chi connectivity index (χ0) is 13.5. The lowest BCUT2D eigenvalue weighted by Crippen LogP contribution is -2.04. The number of fused-ring (bicyclic) bond motifs is 1. The van der Waals surface area contributed by atoms with Gasteiger partial charge >= 0.3 is 0 Å². The van der Waals surface area contributed by atoms with E-state index in [0.717, 1.165) is 15.6 Å². The quantitative estimate of drug-likeness (QED) is 0.800. The Morgan fingerprint density at radius 2 is 2.05 bits per heavy atom. The van der Waals surface area contributed by atoms with Crippen molar-refractivity contribution in [3.05, 3.63) is 47.8 Å². The fourth-order valence-corrected chi connectivity index (χ4v) is 3.43. The van der Waals surface area contributed by atoms with Gasteiger partial charge in [-0.25, -0.2) is 9.97 Å². The van der Waals surface area contributed by atoms with Crippen LogP contribution in [0.4, 0.5) is 5.13 Å². The third kappa shape index (κ3) is 2.04. The van der Waals surface area contributed by atoms with Gasteiger partial charge < -0.3 is 5.32 Å². The number of nitrogens with zero attached hydrogens (tertiary/aromatic N) is 3. The predicted molar refractivity (Wildman–Crippen MR) is 81.2 cm³/mol. The minimum atomic E-state index is 0.483. The Morgan fingerprint density at radius 1 is 1.20 bits per heavy atom. The number of anilines is 1. The molecular formula is C15H14N4S. The molecule has 5 heteroatoms. The van der Waals surface area contributed by atoms with Crippen LogP contribution in [0, 0.1) is 6.92 Å². The van der Waals surface area contributed by atoms with Crippen LogP contribution in [0.2, 0.25) is 0 Å². The summed E-state index contributed by atoms with van der Waals surface area (Å²) in [6, 6.07) is 9.09. The van der Waals surface area contributed by atoms with E-state index >= 15 is 0 Å². The summed E-state index contributed by atoms with van der Waals surface area (Å²) in [5.74, 6) is 0.601. The Morgan fingerprint density at radius 3 is 2.90 bits per heavy atom. The first-order valence-electron chi connectivity index (χ1n) is 6.71. The Kier molecular flexibility index (Phi) is 2.67. The Bertz CT molecular complexity index is 734.